The first-order chi connectivity index (χ1) is 8.76. The lowest BCUT2D eigenvalue weighted by Crippen LogP contribution is -2.48. The molecule has 2 nitrogen and oxygen atoms in total. The molecule has 3 atom stereocenters. The Hall–Kier alpha value is -0.0800. The Morgan fingerprint density at radius 3 is 2.44 bits per heavy atom. The van der Waals surface area contributed by atoms with Gasteiger partial charge < -0.3 is 5.11 Å². The molecule has 2 aliphatic rings. The van der Waals surface area contributed by atoms with Crippen molar-refractivity contribution in [3.05, 3.63) is 0 Å². The molecule has 18 heavy (non-hydrogen) atoms. The summed E-state index contributed by atoms with van der Waals surface area (Å²) in [6.07, 6.45) is 11.4. The third-order valence-electron chi connectivity index (χ3n) is 4.80. The summed E-state index contributed by atoms with van der Waals surface area (Å²) in [5.74, 6) is 0.867. The molecule has 2 fully saturated rings. The van der Waals surface area contributed by atoms with Gasteiger partial charge in [0.15, 0.2) is 0 Å². The smallest absolute Gasteiger partial charge is 0.0695 e. The van der Waals surface area contributed by atoms with Crippen LogP contribution in [0, 0.1) is 5.92 Å². The molecule has 0 heterocycles. The van der Waals surface area contributed by atoms with Crippen molar-refractivity contribution in [2.75, 3.05) is 6.54 Å². The van der Waals surface area contributed by atoms with Gasteiger partial charge in [0.2, 0.25) is 0 Å². The van der Waals surface area contributed by atoms with Crippen molar-refractivity contribution >= 4 is 0 Å². The van der Waals surface area contributed by atoms with Gasteiger partial charge in [-0.2, -0.15) is 0 Å². The van der Waals surface area contributed by atoms with E-state index in [4.69, 9.17) is 0 Å². The average molecular weight is 253 g/mol. The first kappa shape index (κ1) is 14.3. The second kappa shape index (κ2) is 6.91. The highest BCUT2D eigenvalue weighted by atomic mass is 16.3. The van der Waals surface area contributed by atoms with Crippen LogP contribution in [0.5, 0.6) is 0 Å². The fourth-order valence-corrected chi connectivity index (χ4v) is 3.61. The number of aliphatic hydroxyl groups is 1. The number of aliphatic hydroxyl groups excluding tert-OH is 1. The van der Waals surface area contributed by atoms with E-state index in [0.717, 1.165) is 18.4 Å². The van der Waals surface area contributed by atoms with Crippen LogP contribution in [-0.4, -0.2) is 34.7 Å². The highest BCUT2D eigenvalue weighted by Gasteiger charge is 2.39. The summed E-state index contributed by atoms with van der Waals surface area (Å²) in [6, 6.07) is 1.27. The molecule has 0 aliphatic heterocycles. The van der Waals surface area contributed by atoms with Crippen LogP contribution in [0.3, 0.4) is 0 Å². The Kier molecular flexibility index (Phi) is 5.50. The molecule has 0 aromatic heterocycles. The second-order valence-corrected chi connectivity index (χ2v) is 6.43. The van der Waals surface area contributed by atoms with E-state index < -0.39 is 0 Å². The fraction of sp³-hybridized carbons (Fsp3) is 1.00. The zero-order valence-electron chi connectivity index (χ0n) is 12.3. The van der Waals surface area contributed by atoms with Crippen molar-refractivity contribution in [2.24, 2.45) is 5.92 Å². The summed E-state index contributed by atoms with van der Waals surface area (Å²) in [7, 11) is 0. The van der Waals surface area contributed by atoms with E-state index in [2.05, 4.69) is 18.7 Å². The Bertz CT molecular complexity index is 239. The molecule has 0 radical (unpaired) electrons. The molecule has 2 aliphatic carbocycles. The zero-order valence-corrected chi connectivity index (χ0v) is 12.3. The molecule has 0 aromatic carbocycles. The van der Waals surface area contributed by atoms with Gasteiger partial charge in [-0.3, -0.25) is 4.90 Å². The average Bonchev–Trinajstić information content (AvgIpc) is 3.18. The Morgan fingerprint density at radius 2 is 1.83 bits per heavy atom. The van der Waals surface area contributed by atoms with Crippen LogP contribution in [0.15, 0.2) is 0 Å². The number of unbranched alkanes of at least 4 members (excludes halogenated alkanes) is 1. The number of hydrogen-bond acceptors (Lipinski definition) is 2. The second-order valence-electron chi connectivity index (χ2n) is 6.43. The van der Waals surface area contributed by atoms with E-state index in [1.54, 1.807) is 0 Å². The first-order valence-electron chi connectivity index (χ1n) is 8.20. The molecule has 0 spiro atoms. The minimum Gasteiger partial charge on any atom is -0.391 e. The van der Waals surface area contributed by atoms with Crippen LogP contribution in [0.25, 0.3) is 0 Å². The van der Waals surface area contributed by atoms with Gasteiger partial charge in [0.25, 0.3) is 0 Å². The molecule has 1 N–H and O–H groups in total. The first-order valence-corrected chi connectivity index (χ1v) is 8.20. The van der Waals surface area contributed by atoms with Gasteiger partial charge >= 0.3 is 0 Å². The normalized spacial score (nSPS) is 33.0. The van der Waals surface area contributed by atoms with E-state index in [1.807, 2.05) is 0 Å². The van der Waals surface area contributed by atoms with E-state index in [0.29, 0.717) is 6.04 Å². The van der Waals surface area contributed by atoms with E-state index in [-0.39, 0.29) is 6.10 Å². The predicted molar refractivity (Wildman–Crippen MR) is 76.7 cm³/mol. The van der Waals surface area contributed by atoms with Crippen LogP contribution in [0.1, 0.15) is 71.6 Å². The van der Waals surface area contributed by atoms with Crippen molar-refractivity contribution in [3.63, 3.8) is 0 Å². The van der Waals surface area contributed by atoms with Crippen molar-refractivity contribution in [2.45, 2.75) is 89.8 Å². The van der Waals surface area contributed by atoms with E-state index in [9.17, 15) is 5.11 Å². The summed E-state index contributed by atoms with van der Waals surface area (Å²) < 4.78 is 0. The van der Waals surface area contributed by atoms with E-state index in [1.165, 1.54) is 57.9 Å². The van der Waals surface area contributed by atoms with Crippen molar-refractivity contribution in [3.8, 4) is 0 Å². The summed E-state index contributed by atoms with van der Waals surface area (Å²) in [5.41, 5.74) is 0. The van der Waals surface area contributed by atoms with Gasteiger partial charge in [0.05, 0.1) is 6.10 Å². The lowest BCUT2D eigenvalue weighted by Gasteiger charge is -2.41. The van der Waals surface area contributed by atoms with Gasteiger partial charge in [-0.25, -0.2) is 0 Å². The molecule has 0 bridgehead atoms. The van der Waals surface area contributed by atoms with Gasteiger partial charge in [-0.1, -0.05) is 33.1 Å². The van der Waals surface area contributed by atoms with Crippen LogP contribution < -0.4 is 0 Å². The van der Waals surface area contributed by atoms with Crippen LogP contribution in [0.4, 0.5) is 0 Å². The van der Waals surface area contributed by atoms with Crippen molar-refractivity contribution in [1.29, 1.82) is 0 Å². The van der Waals surface area contributed by atoms with Gasteiger partial charge in [-0.15, -0.1) is 0 Å². The quantitative estimate of drug-likeness (QED) is 0.749. The van der Waals surface area contributed by atoms with Crippen molar-refractivity contribution in [1.82, 2.24) is 4.90 Å². The Labute approximate surface area is 113 Å². The molecule has 0 amide bonds. The third-order valence-corrected chi connectivity index (χ3v) is 4.80. The third kappa shape index (κ3) is 3.71. The van der Waals surface area contributed by atoms with E-state index >= 15 is 0 Å². The molecule has 2 saturated carbocycles. The minimum atomic E-state index is -0.0597. The van der Waals surface area contributed by atoms with Gasteiger partial charge in [-0.05, 0) is 51.0 Å². The summed E-state index contributed by atoms with van der Waals surface area (Å²) in [5, 5.41) is 10.4. The van der Waals surface area contributed by atoms with Crippen LogP contribution in [-0.2, 0) is 0 Å². The lowest BCUT2D eigenvalue weighted by molar-refractivity contribution is -0.00300. The highest BCUT2D eigenvalue weighted by molar-refractivity contribution is 4.94. The maximum absolute atomic E-state index is 10.4. The fourth-order valence-electron chi connectivity index (χ4n) is 3.61. The predicted octanol–water partition coefficient (Wildman–Crippen LogP) is 3.58. The monoisotopic (exact) mass is 253 g/mol. The van der Waals surface area contributed by atoms with Gasteiger partial charge in [0.1, 0.15) is 0 Å². The molecule has 2 rings (SSSR count). The Balaban J connectivity index is 1.92. The minimum absolute atomic E-state index is 0.0597. The van der Waals surface area contributed by atoms with Crippen LogP contribution >= 0.6 is 0 Å². The summed E-state index contributed by atoms with van der Waals surface area (Å²) in [6.45, 7) is 5.76. The number of rotatable bonds is 7. The standard InChI is InChI=1S/C16H31NO/c1-3-5-11-17(14-8-9-14)15-12-13(6-4-2)7-10-16(15)18/h13-16,18H,3-12H2,1-2H3. The molecule has 0 aromatic rings. The maximum Gasteiger partial charge on any atom is 0.0695 e. The number of nitrogens with zero attached hydrogens (tertiary/aromatic N) is 1. The topological polar surface area (TPSA) is 23.5 Å². The molecule has 0 saturated heterocycles. The largest absolute Gasteiger partial charge is 0.391 e. The molecular weight excluding hydrogens is 222 g/mol. The van der Waals surface area contributed by atoms with Crippen LogP contribution in [0.2, 0.25) is 0 Å². The zero-order chi connectivity index (χ0) is 13.0. The molecular formula is C16H31NO. The summed E-state index contributed by atoms with van der Waals surface area (Å²) in [4.78, 5) is 2.66. The van der Waals surface area contributed by atoms with Crippen molar-refractivity contribution < 1.29 is 5.11 Å². The summed E-state index contributed by atoms with van der Waals surface area (Å²) >= 11 is 0. The highest BCUT2D eigenvalue weighted by Crippen LogP contribution is 2.37. The SMILES string of the molecule is CCCCN(C1CC1)C1CC(CCC)CCC1O. The van der Waals surface area contributed by atoms with Gasteiger partial charge in [0, 0.05) is 12.1 Å². The maximum atomic E-state index is 10.4. The lowest BCUT2D eigenvalue weighted by atomic mass is 9.80. The molecule has 106 valence electrons. The number of hydrogen-bond donors (Lipinski definition) is 1. The molecule has 2 heteroatoms. The molecule has 3 unspecified atom stereocenters. The Morgan fingerprint density at radius 1 is 1.06 bits per heavy atom.